The molecule has 0 atom stereocenters. The second kappa shape index (κ2) is 3.45. The molecule has 12 heavy (non-hydrogen) atoms. The van der Waals surface area contributed by atoms with Gasteiger partial charge in [0.15, 0.2) is 0 Å². The van der Waals surface area contributed by atoms with E-state index in [1.54, 1.807) is 12.1 Å². The second-order valence-corrected chi connectivity index (χ2v) is 2.72. The molecule has 2 N–H and O–H groups in total. The lowest BCUT2D eigenvalue weighted by molar-refractivity contribution is -0.136. The van der Waals surface area contributed by atoms with Crippen molar-refractivity contribution in [1.29, 1.82) is 0 Å². The first kappa shape index (κ1) is 8.87. The van der Waals surface area contributed by atoms with Gasteiger partial charge in [-0.1, -0.05) is 17.7 Å². The molecule has 0 amide bonds. The minimum Gasteiger partial charge on any atom is -0.508 e. The van der Waals surface area contributed by atoms with Crippen LogP contribution in [0, 0.1) is 0 Å². The first-order valence-electron chi connectivity index (χ1n) is 3.29. The monoisotopic (exact) mass is 186 g/mol. The highest BCUT2D eigenvalue weighted by molar-refractivity contribution is 6.31. The Morgan fingerprint density at radius 2 is 2.17 bits per heavy atom. The van der Waals surface area contributed by atoms with E-state index >= 15 is 0 Å². The van der Waals surface area contributed by atoms with Crippen LogP contribution >= 0.6 is 11.6 Å². The molecular weight excluding hydrogens is 180 g/mol. The summed E-state index contributed by atoms with van der Waals surface area (Å²) in [5.74, 6) is -1.09. The van der Waals surface area contributed by atoms with Crippen molar-refractivity contribution in [2.75, 3.05) is 0 Å². The minimum absolute atomic E-state index is 0.0788. The zero-order chi connectivity index (χ0) is 9.14. The van der Waals surface area contributed by atoms with Crippen LogP contribution in [-0.4, -0.2) is 16.2 Å². The molecule has 0 saturated carbocycles. The van der Waals surface area contributed by atoms with E-state index in [2.05, 4.69) is 0 Å². The minimum atomic E-state index is -1.02. The van der Waals surface area contributed by atoms with Gasteiger partial charge in [-0.3, -0.25) is 4.79 Å². The molecule has 0 saturated heterocycles. The van der Waals surface area contributed by atoms with Gasteiger partial charge in [0.05, 0.1) is 6.42 Å². The lowest BCUT2D eigenvalue weighted by Crippen LogP contribution is -2.00. The SMILES string of the molecule is O=C(O)Cc1c(O)cccc1Cl. The van der Waals surface area contributed by atoms with Crippen LogP contribution in [0.2, 0.25) is 5.02 Å². The van der Waals surface area contributed by atoms with Gasteiger partial charge in [0, 0.05) is 10.6 Å². The van der Waals surface area contributed by atoms with Crippen LogP contribution in [0.5, 0.6) is 5.75 Å². The van der Waals surface area contributed by atoms with Gasteiger partial charge in [-0.25, -0.2) is 0 Å². The molecule has 0 spiro atoms. The molecule has 0 bridgehead atoms. The first-order valence-corrected chi connectivity index (χ1v) is 3.67. The summed E-state index contributed by atoms with van der Waals surface area (Å²) in [5.41, 5.74) is 0.256. The van der Waals surface area contributed by atoms with Crippen LogP contribution in [0.3, 0.4) is 0 Å². The molecule has 0 aliphatic heterocycles. The normalized spacial score (nSPS) is 9.75. The number of carboxylic acids is 1. The number of phenols is 1. The molecule has 0 unspecified atom stereocenters. The Labute approximate surface area is 74.2 Å². The van der Waals surface area contributed by atoms with Gasteiger partial charge >= 0.3 is 5.97 Å². The van der Waals surface area contributed by atoms with Gasteiger partial charge in [-0.05, 0) is 12.1 Å². The van der Waals surface area contributed by atoms with E-state index in [-0.39, 0.29) is 22.8 Å². The van der Waals surface area contributed by atoms with Crippen LogP contribution < -0.4 is 0 Å². The number of benzene rings is 1. The predicted octanol–water partition coefficient (Wildman–Crippen LogP) is 1.67. The first-order chi connectivity index (χ1) is 5.61. The summed E-state index contributed by atoms with van der Waals surface area (Å²) in [4.78, 5) is 10.3. The van der Waals surface area contributed by atoms with Gasteiger partial charge in [0.25, 0.3) is 0 Å². The van der Waals surface area contributed by atoms with Crippen molar-refractivity contribution in [3.05, 3.63) is 28.8 Å². The van der Waals surface area contributed by atoms with Gasteiger partial charge in [0.1, 0.15) is 5.75 Å². The van der Waals surface area contributed by atoms with Crippen molar-refractivity contribution < 1.29 is 15.0 Å². The second-order valence-electron chi connectivity index (χ2n) is 2.31. The molecule has 0 fully saturated rings. The summed E-state index contributed by atoms with van der Waals surface area (Å²) >= 11 is 5.65. The topological polar surface area (TPSA) is 57.5 Å². The maximum Gasteiger partial charge on any atom is 0.308 e. The number of carboxylic acid groups (broad SMARTS) is 1. The number of hydrogen-bond donors (Lipinski definition) is 2. The third kappa shape index (κ3) is 1.89. The van der Waals surface area contributed by atoms with E-state index < -0.39 is 5.97 Å². The van der Waals surface area contributed by atoms with Crippen LogP contribution in [-0.2, 0) is 11.2 Å². The zero-order valence-corrected chi connectivity index (χ0v) is 6.88. The fourth-order valence-corrected chi connectivity index (χ4v) is 1.11. The van der Waals surface area contributed by atoms with Crippen molar-refractivity contribution in [1.82, 2.24) is 0 Å². The molecule has 64 valence electrons. The summed E-state index contributed by atoms with van der Waals surface area (Å²) in [6.07, 6.45) is -0.258. The Kier molecular flexibility index (Phi) is 2.55. The molecule has 0 heterocycles. The quantitative estimate of drug-likeness (QED) is 0.739. The number of carbonyl (C=O) groups is 1. The van der Waals surface area contributed by atoms with Crippen LogP contribution in [0.25, 0.3) is 0 Å². The van der Waals surface area contributed by atoms with E-state index in [4.69, 9.17) is 16.7 Å². The zero-order valence-electron chi connectivity index (χ0n) is 6.12. The third-order valence-electron chi connectivity index (χ3n) is 1.42. The third-order valence-corrected chi connectivity index (χ3v) is 1.78. The van der Waals surface area contributed by atoms with E-state index in [0.29, 0.717) is 0 Å². The highest BCUT2D eigenvalue weighted by Gasteiger charge is 2.09. The number of halogens is 1. The largest absolute Gasteiger partial charge is 0.508 e. The molecule has 4 heteroatoms. The molecule has 0 aromatic heterocycles. The van der Waals surface area contributed by atoms with Crippen molar-refractivity contribution in [2.24, 2.45) is 0 Å². The fourth-order valence-electron chi connectivity index (χ4n) is 0.873. The summed E-state index contributed by atoms with van der Waals surface area (Å²) in [7, 11) is 0. The van der Waals surface area contributed by atoms with Gasteiger partial charge in [0.2, 0.25) is 0 Å². The van der Waals surface area contributed by atoms with Crippen LogP contribution in [0.4, 0.5) is 0 Å². The Bertz CT molecular complexity index is 289. The number of aromatic hydroxyl groups is 1. The molecule has 0 aliphatic carbocycles. The lowest BCUT2D eigenvalue weighted by atomic mass is 10.1. The van der Waals surface area contributed by atoms with Gasteiger partial charge in [-0.2, -0.15) is 0 Å². The Balaban J connectivity index is 3.04. The predicted molar refractivity (Wildman–Crippen MR) is 44.5 cm³/mol. The summed E-state index contributed by atoms with van der Waals surface area (Å²) in [6.45, 7) is 0. The molecule has 0 aliphatic rings. The highest BCUT2D eigenvalue weighted by Crippen LogP contribution is 2.25. The van der Waals surface area contributed by atoms with Gasteiger partial charge < -0.3 is 10.2 Å². The van der Waals surface area contributed by atoms with E-state index in [0.717, 1.165) is 0 Å². The van der Waals surface area contributed by atoms with Crippen molar-refractivity contribution in [3.8, 4) is 5.75 Å². The van der Waals surface area contributed by atoms with Gasteiger partial charge in [-0.15, -0.1) is 0 Å². The molecule has 3 nitrogen and oxygen atoms in total. The maximum absolute atomic E-state index is 10.3. The average Bonchev–Trinajstić information content (AvgIpc) is 1.97. The number of aliphatic carboxylic acids is 1. The van der Waals surface area contributed by atoms with Crippen molar-refractivity contribution in [3.63, 3.8) is 0 Å². The smallest absolute Gasteiger partial charge is 0.308 e. The molecular formula is C8H7ClO3. The number of hydrogen-bond acceptors (Lipinski definition) is 2. The Morgan fingerprint density at radius 1 is 1.50 bits per heavy atom. The molecule has 1 rings (SSSR count). The summed E-state index contributed by atoms with van der Waals surface area (Å²) in [6, 6.07) is 4.51. The highest BCUT2D eigenvalue weighted by atomic mass is 35.5. The van der Waals surface area contributed by atoms with Crippen LogP contribution in [0.1, 0.15) is 5.56 Å². The molecule has 0 radical (unpaired) electrons. The average molecular weight is 187 g/mol. The number of rotatable bonds is 2. The molecule has 1 aromatic carbocycles. The summed E-state index contributed by atoms with van der Waals surface area (Å²) < 4.78 is 0. The Morgan fingerprint density at radius 3 is 2.67 bits per heavy atom. The fraction of sp³-hybridized carbons (Fsp3) is 0.125. The van der Waals surface area contributed by atoms with Crippen molar-refractivity contribution in [2.45, 2.75) is 6.42 Å². The van der Waals surface area contributed by atoms with Crippen molar-refractivity contribution >= 4 is 17.6 Å². The maximum atomic E-state index is 10.3. The van der Waals surface area contributed by atoms with Crippen LogP contribution in [0.15, 0.2) is 18.2 Å². The summed E-state index contributed by atoms with van der Waals surface area (Å²) in [5, 5.41) is 17.9. The molecule has 1 aromatic rings. The lowest BCUT2D eigenvalue weighted by Gasteiger charge is -2.02. The number of phenolic OH excluding ortho intramolecular Hbond substituents is 1. The van der Waals surface area contributed by atoms with E-state index in [1.165, 1.54) is 6.07 Å². The standard InChI is InChI=1S/C8H7ClO3/c9-6-2-1-3-7(10)5(6)4-8(11)12/h1-3,10H,4H2,(H,11,12). The van der Waals surface area contributed by atoms with E-state index in [9.17, 15) is 9.90 Å². The van der Waals surface area contributed by atoms with E-state index in [1.807, 2.05) is 0 Å². The Hall–Kier alpha value is -1.22.